The molecule has 1 saturated heterocycles. The van der Waals surface area contributed by atoms with Gasteiger partial charge in [-0.1, -0.05) is 0 Å². The Labute approximate surface area is 81.2 Å². The minimum absolute atomic E-state index is 0.791. The zero-order chi connectivity index (χ0) is 8.91. The predicted molar refractivity (Wildman–Crippen MR) is 67.6 cm³/mol. The molecule has 0 unspecified atom stereocenters. The zero-order valence-corrected chi connectivity index (χ0v) is 14.8. The summed E-state index contributed by atoms with van der Waals surface area (Å²) in [5.41, 5.74) is 0. The second kappa shape index (κ2) is 2.96. The van der Waals surface area contributed by atoms with Crippen LogP contribution in [0.5, 0.6) is 0 Å². The Morgan fingerprint density at radius 3 is 1.18 bits per heavy atom. The van der Waals surface area contributed by atoms with E-state index in [9.17, 15) is 0 Å². The van der Waals surface area contributed by atoms with Crippen molar-refractivity contribution in [1.29, 1.82) is 0 Å². The Bertz CT molecular complexity index is 161. The topological polar surface area (TPSA) is 0 Å². The number of hydrogen-bond acceptors (Lipinski definition) is 2. The number of rotatable bonds is 0. The van der Waals surface area contributed by atoms with Gasteiger partial charge < -0.3 is 0 Å². The van der Waals surface area contributed by atoms with Crippen molar-refractivity contribution < 1.29 is 0 Å². The van der Waals surface area contributed by atoms with Crippen molar-refractivity contribution in [3.8, 4) is 0 Å². The maximum atomic E-state index is 2.60. The van der Waals surface area contributed by atoms with Crippen LogP contribution in [0.15, 0.2) is 0 Å². The van der Waals surface area contributed by atoms with E-state index in [2.05, 4.69) is 52.9 Å². The Hall–Kier alpha value is 1.93. The molecule has 11 heavy (non-hydrogen) atoms. The third-order valence-electron chi connectivity index (χ3n) is 2.45. The fourth-order valence-corrected chi connectivity index (χ4v) is 210. The van der Waals surface area contributed by atoms with Gasteiger partial charge in [-0.3, -0.25) is 0 Å². The standard InChI is InChI=1S/C4H12S2Si2.2CH3.Sn/c1-7(2,5)8(3,4)6;;;/h1-4H3;2*1H3;/q-2;;;+2. The van der Waals surface area contributed by atoms with Crippen molar-refractivity contribution in [2.75, 3.05) is 0 Å². The van der Waals surface area contributed by atoms with Crippen molar-refractivity contribution in [3.05, 3.63) is 0 Å². The molecule has 1 fully saturated rings. The van der Waals surface area contributed by atoms with E-state index in [1.807, 2.05) is 0 Å². The summed E-state index contributed by atoms with van der Waals surface area (Å²) >= 11 is -1.56. The van der Waals surface area contributed by atoms with Gasteiger partial charge in [0.05, 0.1) is 0 Å². The van der Waals surface area contributed by atoms with Gasteiger partial charge in [-0.05, 0) is 0 Å². The summed E-state index contributed by atoms with van der Waals surface area (Å²) in [4.78, 5) is 5.20. The average Bonchev–Trinajstić information content (AvgIpc) is 1.66. The minimum atomic E-state index is -1.56. The van der Waals surface area contributed by atoms with E-state index in [0.717, 1.165) is 0 Å². The Morgan fingerprint density at radius 2 is 1.09 bits per heavy atom. The van der Waals surface area contributed by atoms with Gasteiger partial charge >= 0.3 is 82.0 Å². The summed E-state index contributed by atoms with van der Waals surface area (Å²) in [7, 11) is 5.01. The van der Waals surface area contributed by atoms with Crippen molar-refractivity contribution >= 4 is 45.9 Å². The first-order valence-corrected chi connectivity index (χ1v) is 26.8. The molecule has 0 aromatic carbocycles. The summed E-state index contributed by atoms with van der Waals surface area (Å²) in [6.07, 6.45) is 0. The molecule has 1 aliphatic rings. The summed E-state index contributed by atoms with van der Waals surface area (Å²) in [5.74, 6) is 0. The van der Waals surface area contributed by atoms with Gasteiger partial charge in [0.15, 0.2) is 0 Å². The van der Waals surface area contributed by atoms with Gasteiger partial charge in [0.2, 0.25) is 0 Å². The molecule has 0 nitrogen and oxygen atoms in total. The second-order valence-electron chi connectivity index (χ2n) is 4.62. The van der Waals surface area contributed by atoms with Crippen molar-refractivity contribution in [2.24, 2.45) is 0 Å². The monoisotopic (exact) mass is 330 g/mol. The van der Waals surface area contributed by atoms with E-state index < -0.39 is 29.1 Å². The Kier molecular flexibility index (Phi) is 2.97. The van der Waals surface area contributed by atoms with Crippen LogP contribution in [0.3, 0.4) is 0 Å². The van der Waals surface area contributed by atoms with Crippen LogP contribution < -0.4 is 0 Å². The molecule has 5 heteroatoms. The molecule has 0 atom stereocenters. The molecule has 0 aliphatic carbocycles. The molecule has 0 spiro atoms. The third kappa shape index (κ3) is 2.24. The average molecular weight is 329 g/mol. The summed E-state index contributed by atoms with van der Waals surface area (Å²) in [5, 5.41) is 0. The fourth-order valence-electron chi connectivity index (χ4n) is 1.50. The molecular weight excluding hydrogens is 311 g/mol. The van der Waals surface area contributed by atoms with Crippen LogP contribution in [0.4, 0.5) is 0 Å². The van der Waals surface area contributed by atoms with E-state index in [-0.39, 0.29) is 0 Å². The van der Waals surface area contributed by atoms with Crippen LogP contribution in [-0.4, -0.2) is 29.1 Å². The van der Waals surface area contributed by atoms with Crippen LogP contribution in [0.25, 0.3) is 0 Å². The van der Waals surface area contributed by atoms with Gasteiger partial charge in [-0.2, -0.15) is 0 Å². The number of hydrogen-bond donors (Lipinski definition) is 0. The first kappa shape index (κ1) is 11.0. The predicted octanol–water partition coefficient (Wildman–Crippen LogP) is 3.66. The second-order valence-corrected chi connectivity index (χ2v) is 62.0. The molecular formula is C6H18S2Si2Sn. The molecule has 0 saturated carbocycles. The van der Waals surface area contributed by atoms with Crippen molar-refractivity contribution in [1.82, 2.24) is 0 Å². The van der Waals surface area contributed by atoms with Gasteiger partial charge in [0.1, 0.15) is 0 Å². The Morgan fingerprint density at radius 1 is 0.818 bits per heavy atom. The van der Waals surface area contributed by atoms with Gasteiger partial charge in [0, 0.05) is 0 Å². The molecule has 1 rings (SSSR count). The zero-order valence-electron chi connectivity index (χ0n) is 8.32. The van der Waals surface area contributed by atoms with Gasteiger partial charge in [0.25, 0.3) is 0 Å². The van der Waals surface area contributed by atoms with Crippen LogP contribution in [-0.2, 0) is 0 Å². The first-order chi connectivity index (χ1) is 4.66. The molecule has 0 aromatic heterocycles. The molecule has 0 N–H and O–H groups in total. The van der Waals surface area contributed by atoms with Crippen LogP contribution in [0.1, 0.15) is 0 Å². The first-order valence-electron chi connectivity index (χ1n) is 4.07. The van der Waals surface area contributed by atoms with Crippen LogP contribution in [0, 0.1) is 0 Å². The Balaban J connectivity index is 2.89. The van der Waals surface area contributed by atoms with E-state index >= 15 is 0 Å². The van der Waals surface area contributed by atoms with E-state index in [1.165, 1.54) is 0 Å². The van der Waals surface area contributed by atoms with E-state index in [4.69, 9.17) is 0 Å². The SMILES string of the molecule is C[Si]1(C)[S][Sn]([CH3])([CH3])[S][Si]1(C)C. The van der Waals surface area contributed by atoms with Gasteiger partial charge in [-0.25, -0.2) is 0 Å². The molecule has 0 radical (unpaired) electrons. The van der Waals surface area contributed by atoms with Crippen LogP contribution >= 0.6 is 16.8 Å². The van der Waals surface area contributed by atoms with Crippen molar-refractivity contribution in [2.45, 2.75) is 36.1 Å². The molecule has 1 aliphatic heterocycles. The molecule has 0 bridgehead atoms. The maximum absolute atomic E-state index is 2.60. The van der Waals surface area contributed by atoms with Crippen molar-refractivity contribution in [3.63, 3.8) is 0 Å². The third-order valence-corrected chi connectivity index (χ3v) is 106. The molecule has 1 heterocycles. The quantitative estimate of drug-likeness (QED) is 0.622. The van der Waals surface area contributed by atoms with E-state index in [1.54, 1.807) is 0 Å². The summed E-state index contributed by atoms with van der Waals surface area (Å²) in [6, 6.07) is 0. The molecule has 0 amide bonds. The van der Waals surface area contributed by atoms with Gasteiger partial charge in [-0.15, -0.1) is 0 Å². The molecule has 0 aromatic rings. The summed E-state index contributed by atoms with van der Waals surface area (Å²) < 4.78 is 0. The molecule has 66 valence electrons. The summed E-state index contributed by atoms with van der Waals surface area (Å²) in [6.45, 7) is 8.82. The normalized spacial score (nSPS) is 32.2. The van der Waals surface area contributed by atoms with E-state index in [0.29, 0.717) is 0 Å². The van der Waals surface area contributed by atoms with Crippen LogP contribution in [0.2, 0.25) is 36.1 Å². The fraction of sp³-hybridized carbons (Fsp3) is 1.00.